The number of carbonyl (C=O) groups is 1. The third-order valence-electron chi connectivity index (χ3n) is 5.99. The molecule has 2 heterocycles. The van der Waals surface area contributed by atoms with Crippen molar-refractivity contribution in [2.45, 2.75) is 17.7 Å². The Morgan fingerprint density at radius 2 is 1.76 bits per heavy atom. The molecule has 3 N–H and O–H groups in total. The summed E-state index contributed by atoms with van der Waals surface area (Å²) in [5.74, 6) is 1.68. The van der Waals surface area contributed by atoms with Gasteiger partial charge in [-0.2, -0.15) is 4.98 Å². The summed E-state index contributed by atoms with van der Waals surface area (Å²) in [5.41, 5.74) is 2.93. The van der Waals surface area contributed by atoms with E-state index in [0.717, 1.165) is 11.1 Å². The highest BCUT2D eigenvalue weighted by Crippen LogP contribution is 2.29. The van der Waals surface area contributed by atoms with Gasteiger partial charge in [-0.25, -0.2) is 18.1 Å². The number of hydrogen-bond donors (Lipinski definition) is 3. The van der Waals surface area contributed by atoms with Crippen molar-refractivity contribution in [1.82, 2.24) is 14.7 Å². The van der Waals surface area contributed by atoms with Crippen LogP contribution in [-0.2, 0) is 10.0 Å². The van der Waals surface area contributed by atoms with E-state index in [4.69, 9.17) is 4.74 Å². The Morgan fingerprint density at radius 1 is 0.947 bits per heavy atom. The fourth-order valence-electron chi connectivity index (χ4n) is 4.00. The van der Waals surface area contributed by atoms with Crippen molar-refractivity contribution in [3.05, 3.63) is 90.6 Å². The second-order valence-electron chi connectivity index (χ2n) is 8.70. The number of benzene rings is 3. The van der Waals surface area contributed by atoms with E-state index in [1.165, 1.54) is 0 Å². The number of ketones is 1. The van der Waals surface area contributed by atoms with Gasteiger partial charge in [0.15, 0.2) is 5.78 Å². The SMILES string of the molecule is O=C(CCOc1ccc(-c2cnc3nc2NCCCNS(=O)(=O)c2cccc(c2)N3)cc1)c1ccccc1. The normalized spacial score (nSPS) is 14.5. The van der Waals surface area contributed by atoms with Gasteiger partial charge in [0.2, 0.25) is 16.0 Å². The number of sulfonamides is 1. The first-order valence-electron chi connectivity index (χ1n) is 12.3. The second-order valence-corrected chi connectivity index (χ2v) is 10.5. The number of Topliss-reactive ketones (excluding diaryl/α,β-unsaturated/α-hetero) is 1. The molecular formula is C28H27N5O4S. The summed E-state index contributed by atoms with van der Waals surface area (Å²) in [5, 5.41) is 6.40. The smallest absolute Gasteiger partial charge is 0.240 e. The van der Waals surface area contributed by atoms with Gasteiger partial charge in [-0.05, 0) is 42.3 Å². The lowest BCUT2D eigenvalue weighted by Gasteiger charge is -2.13. The Bertz CT molecular complexity index is 1530. The van der Waals surface area contributed by atoms with Crippen molar-refractivity contribution >= 4 is 33.3 Å². The van der Waals surface area contributed by atoms with E-state index in [1.807, 2.05) is 42.5 Å². The Morgan fingerprint density at radius 3 is 2.58 bits per heavy atom. The molecule has 9 nitrogen and oxygen atoms in total. The Kier molecular flexibility index (Phi) is 7.62. The lowest BCUT2D eigenvalue weighted by atomic mass is 10.1. The maximum absolute atomic E-state index is 12.6. The van der Waals surface area contributed by atoms with Crippen LogP contribution in [0, 0.1) is 0 Å². The molecule has 0 fully saturated rings. The minimum Gasteiger partial charge on any atom is -0.493 e. The van der Waals surface area contributed by atoms with Gasteiger partial charge >= 0.3 is 0 Å². The predicted octanol–water partition coefficient (Wildman–Crippen LogP) is 4.63. The number of rotatable bonds is 6. The van der Waals surface area contributed by atoms with Gasteiger partial charge in [-0.1, -0.05) is 48.5 Å². The molecule has 4 aromatic rings. The van der Waals surface area contributed by atoms with E-state index in [2.05, 4.69) is 25.3 Å². The quantitative estimate of drug-likeness (QED) is 0.309. The fraction of sp³-hybridized carbons (Fsp3) is 0.179. The second kappa shape index (κ2) is 11.4. The van der Waals surface area contributed by atoms with E-state index in [-0.39, 0.29) is 17.3 Å². The Labute approximate surface area is 221 Å². The average molecular weight is 530 g/mol. The van der Waals surface area contributed by atoms with Crippen molar-refractivity contribution < 1.29 is 17.9 Å². The zero-order valence-electron chi connectivity index (χ0n) is 20.6. The highest BCUT2D eigenvalue weighted by Gasteiger charge is 2.16. The number of fused-ring (bicyclic) bond motifs is 4. The number of ether oxygens (including phenoxy) is 1. The van der Waals surface area contributed by atoms with Crippen LogP contribution in [0.5, 0.6) is 5.75 Å². The molecule has 194 valence electrons. The van der Waals surface area contributed by atoms with Crippen molar-refractivity contribution in [2.24, 2.45) is 0 Å². The molecule has 38 heavy (non-hydrogen) atoms. The van der Waals surface area contributed by atoms with Gasteiger partial charge in [0.05, 0.1) is 11.5 Å². The zero-order valence-corrected chi connectivity index (χ0v) is 21.4. The van der Waals surface area contributed by atoms with Crippen LogP contribution >= 0.6 is 0 Å². The molecule has 0 radical (unpaired) electrons. The molecule has 1 aliphatic rings. The van der Waals surface area contributed by atoms with Crippen LogP contribution in [0.15, 0.2) is 90.0 Å². The molecule has 0 saturated carbocycles. The molecular weight excluding hydrogens is 502 g/mol. The highest BCUT2D eigenvalue weighted by atomic mass is 32.2. The summed E-state index contributed by atoms with van der Waals surface area (Å²) in [6, 6.07) is 23.2. The summed E-state index contributed by atoms with van der Waals surface area (Å²) in [6.07, 6.45) is 2.59. The van der Waals surface area contributed by atoms with E-state index < -0.39 is 10.0 Å². The van der Waals surface area contributed by atoms with Gasteiger partial charge < -0.3 is 15.4 Å². The molecule has 0 unspecified atom stereocenters. The highest BCUT2D eigenvalue weighted by molar-refractivity contribution is 7.89. The van der Waals surface area contributed by atoms with E-state index in [0.29, 0.717) is 54.7 Å². The number of nitrogens with zero attached hydrogens (tertiary/aromatic N) is 2. The molecule has 1 aliphatic heterocycles. The van der Waals surface area contributed by atoms with E-state index in [1.54, 1.807) is 42.6 Å². The summed E-state index contributed by atoms with van der Waals surface area (Å²) in [4.78, 5) is 21.6. The molecule has 0 spiro atoms. The van der Waals surface area contributed by atoms with Crippen LogP contribution in [0.3, 0.4) is 0 Å². The first kappa shape index (κ1) is 25.4. The van der Waals surface area contributed by atoms with Crippen molar-refractivity contribution in [2.75, 3.05) is 30.3 Å². The van der Waals surface area contributed by atoms with Gasteiger partial charge in [-0.3, -0.25) is 4.79 Å². The van der Waals surface area contributed by atoms with Gasteiger partial charge in [-0.15, -0.1) is 0 Å². The number of aromatic nitrogens is 2. The molecule has 5 rings (SSSR count). The van der Waals surface area contributed by atoms with Crippen LogP contribution in [0.25, 0.3) is 11.1 Å². The number of nitrogens with one attached hydrogen (secondary N) is 3. The van der Waals surface area contributed by atoms with Gasteiger partial charge in [0, 0.05) is 42.5 Å². The van der Waals surface area contributed by atoms with Crippen molar-refractivity contribution in [3.8, 4) is 16.9 Å². The summed E-state index contributed by atoms with van der Waals surface area (Å²) in [7, 11) is -3.61. The summed E-state index contributed by atoms with van der Waals surface area (Å²) >= 11 is 0. The maximum Gasteiger partial charge on any atom is 0.240 e. The molecule has 1 aromatic heterocycles. The minimum atomic E-state index is -3.61. The number of hydrogen-bond acceptors (Lipinski definition) is 8. The van der Waals surface area contributed by atoms with E-state index in [9.17, 15) is 13.2 Å². The molecule has 10 heteroatoms. The van der Waals surface area contributed by atoms with Crippen molar-refractivity contribution in [3.63, 3.8) is 0 Å². The average Bonchev–Trinajstić information content (AvgIpc) is 2.94. The third-order valence-corrected chi connectivity index (χ3v) is 7.44. The van der Waals surface area contributed by atoms with Crippen LogP contribution in [0.2, 0.25) is 0 Å². The number of carbonyl (C=O) groups excluding carboxylic acids is 1. The molecule has 4 bridgehead atoms. The van der Waals surface area contributed by atoms with E-state index >= 15 is 0 Å². The lowest BCUT2D eigenvalue weighted by Crippen LogP contribution is -2.26. The topological polar surface area (TPSA) is 122 Å². The monoisotopic (exact) mass is 529 g/mol. The van der Waals surface area contributed by atoms with Crippen molar-refractivity contribution in [1.29, 1.82) is 0 Å². The van der Waals surface area contributed by atoms with Crippen LogP contribution in [0.1, 0.15) is 23.2 Å². The minimum absolute atomic E-state index is 0.0404. The first-order chi connectivity index (χ1) is 18.5. The van der Waals surface area contributed by atoms with Crippen LogP contribution < -0.4 is 20.1 Å². The molecule has 0 saturated heterocycles. The largest absolute Gasteiger partial charge is 0.493 e. The first-order valence-corrected chi connectivity index (χ1v) is 13.8. The molecule has 3 aromatic carbocycles. The zero-order chi connectivity index (χ0) is 26.4. The third kappa shape index (κ3) is 6.16. The Balaban J connectivity index is 1.30. The molecule has 0 atom stereocenters. The number of anilines is 3. The van der Waals surface area contributed by atoms with Crippen LogP contribution in [0.4, 0.5) is 17.5 Å². The van der Waals surface area contributed by atoms with Gasteiger partial charge in [0.25, 0.3) is 0 Å². The standard InChI is InChI=1S/C28H27N5O4S/c34-26(21-6-2-1-3-7-21)14-17-37-23-12-10-20(11-13-23)25-19-30-28-32-22-8-4-9-24(18-22)38(35,36)31-16-5-15-29-27(25)33-28/h1-4,6-13,18-19,31H,5,14-17H2,(H2,29,30,32,33). The lowest BCUT2D eigenvalue weighted by molar-refractivity contribution is 0.0962. The maximum atomic E-state index is 12.6. The van der Waals surface area contributed by atoms with Gasteiger partial charge in [0.1, 0.15) is 11.6 Å². The molecule has 0 aliphatic carbocycles. The fourth-order valence-corrected chi connectivity index (χ4v) is 5.12. The summed E-state index contributed by atoms with van der Waals surface area (Å²) < 4.78 is 33.6. The Hall–Kier alpha value is -4.28. The predicted molar refractivity (Wildman–Crippen MR) is 146 cm³/mol. The van der Waals surface area contributed by atoms with Crippen LogP contribution in [-0.4, -0.2) is 43.9 Å². The summed E-state index contributed by atoms with van der Waals surface area (Å²) in [6.45, 7) is 1.09. The molecule has 0 amide bonds.